The lowest BCUT2D eigenvalue weighted by Crippen LogP contribution is -2.51. The fourth-order valence-electron chi connectivity index (χ4n) is 2.20. The van der Waals surface area contributed by atoms with Crippen LogP contribution < -0.4 is 9.62 Å². The molecule has 20 heavy (non-hydrogen) atoms. The highest BCUT2D eigenvalue weighted by Crippen LogP contribution is 2.29. The first-order valence-corrected chi connectivity index (χ1v) is 7.85. The molecule has 6 nitrogen and oxygen atoms in total. The first-order chi connectivity index (χ1) is 9.35. The molecule has 1 atom stereocenters. The van der Waals surface area contributed by atoms with Gasteiger partial charge in [0, 0.05) is 24.7 Å². The van der Waals surface area contributed by atoms with Crippen LogP contribution in [0.25, 0.3) is 0 Å². The number of carboxylic acids is 1. The fraction of sp³-hybridized carbons (Fsp3) is 0.462. The Labute approximate surface area is 118 Å². The number of hydrogen-bond donors (Lipinski definition) is 2. The number of benzene rings is 1. The maximum Gasteiger partial charge on any atom is 0.306 e. The van der Waals surface area contributed by atoms with Crippen molar-refractivity contribution in [3.63, 3.8) is 0 Å². The molecule has 1 aliphatic heterocycles. The van der Waals surface area contributed by atoms with Crippen LogP contribution in [0.5, 0.6) is 0 Å². The molecule has 1 aromatic carbocycles. The number of aliphatic carboxylic acids is 1. The minimum atomic E-state index is -3.41. The first kappa shape index (κ1) is 14.8. The lowest BCUT2D eigenvalue weighted by atomic mass is 9.87. The molecule has 110 valence electrons. The Morgan fingerprint density at radius 2 is 1.90 bits per heavy atom. The molecule has 7 heteroatoms. The molecule has 1 saturated heterocycles. The van der Waals surface area contributed by atoms with Gasteiger partial charge < -0.3 is 10.0 Å². The highest BCUT2D eigenvalue weighted by Gasteiger charge is 2.34. The zero-order valence-electron chi connectivity index (χ0n) is 11.4. The van der Waals surface area contributed by atoms with E-state index in [4.69, 9.17) is 5.11 Å². The van der Waals surface area contributed by atoms with Gasteiger partial charge in [-0.1, -0.05) is 6.92 Å². The Kier molecular flexibility index (Phi) is 4.01. The van der Waals surface area contributed by atoms with Crippen molar-refractivity contribution in [2.75, 3.05) is 25.0 Å². The molecule has 0 bridgehead atoms. The van der Waals surface area contributed by atoms with Gasteiger partial charge in [-0.25, -0.2) is 13.1 Å². The number of carboxylic acid groups (broad SMARTS) is 1. The summed E-state index contributed by atoms with van der Waals surface area (Å²) >= 11 is 0. The van der Waals surface area contributed by atoms with Crippen LogP contribution in [-0.4, -0.2) is 39.6 Å². The average molecular weight is 298 g/mol. The second-order valence-electron chi connectivity index (χ2n) is 4.99. The van der Waals surface area contributed by atoms with Gasteiger partial charge in [-0.2, -0.15) is 0 Å². The normalized spacial score (nSPS) is 17.6. The number of anilines is 1. The van der Waals surface area contributed by atoms with Crippen LogP contribution in [0.2, 0.25) is 0 Å². The van der Waals surface area contributed by atoms with Gasteiger partial charge in [0.25, 0.3) is 0 Å². The van der Waals surface area contributed by atoms with E-state index >= 15 is 0 Å². The predicted octanol–water partition coefficient (Wildman–Crippen LogP) is 0.752. The zero-order valence-corrected chi connectivity index (χ0v) is 12.2. The summed E-state index contributed by atoms with van der Waals surface area (Å²) in [5.74, 6) is -0.978. The third-order valence-electron chi connectivity index (χ3n) is 3.79. The van der Waals surface area contributed by atoms with Crippen molar-refractivity contribution in [3.8, 4) is 0 Å². The van der Waals surface area contributed by atoms with Crippen molar-refractivity contribution >= 4 is 21.7 Å². The van der Waals surface area contributed by atoms with Crippen molar-refractivity contribution < 1.29 is 18.3 Å². The SMILES string of the molecule is CNS(=O)(=O)c1ccc(N2CC(C(C)C(=O)O)C2)cc1. The second-order valence-corrected chi connectivity index (χ2v) is 6.88. The van der Waals surface area contributed by atoms with Crippen molar-refractivity contribution in [3.05, 3.63) is 24.3 Å². The van der Waals surface area contributed by atoms with E-state index in [2.05, 4.69) is 4.72 Å². The molecule has 1 heterocycles. The van der Waals surface area contributed by atoms with E-state index in [1.165, 1.54) is 7.05 Å². The van der Waals surface area contributed by atoms with Crippen molar-refractivity contribution in [1.29, 1.82) is 0 Å². The summed E-state index contributed by atoms with van der Waals surface area (Å²) in [4.78, 5) is 13.1. The number of nitrogens with one attached hydrogen (secondary N) is 1. The molecule has 0 spiro atoms. The van der Waals surface area contributed by atoms with E-state index in [0.717, 1.165) is 5.69 Å². The molecular weight excluding hydrogens is 280 g/mol. The highest BCUT2D eigenvalue weighted by molar-refractivity contribution is 7.89. The third-order valence-corrected chi connectivity index (χ3v) is 5.22. The van der Waals surface area contributed by atoms with Gasteiger partial charge in [0.1, 0.15) is 0 Å². The minimum Gasteiger partial charge on any atom is -0.481 e. The van der Waals surface area contributed by atoms with Gasteiger partial charge in [-0.15, -0.1) is 0 Å². The molecule has 2 rings (SSSR count). The van der Waals surface area contributed by atoms with E-state index in [1.54, 1.807) is 31.2 Å². The lowest BCUT2D eigenvalue weighted by molar-refractivity contribution is -0.143. The zero-order chi connectivity index (χ0) is 14.9. The van der Waals surface area contributed by atoms with Gasteiger partial charge in [0.05, 0.1) is 10.8 Å². The molecule has 0 aromatic heterocycles. The molecule has 1 unspecified atom stereocenters. The summed E-state index contributed by atoms with van der Waals surface area (Å²) < 4.78 is 25.4. The molecule has 1 aliphatic rings. The minimum absolute atomic E-state index is 0.146. The van der Waals surface area contributed by atoms with Crippen LogP contribution in [-0.2, 0) is 14.8 Å². The van der Waals surface area contributed by atoms with Crippen LogP contribution in [0.4, 0.5) is 5.69 Å². The number of hydrogen-bond acceptors (Lipinski definition) is 4. The fourth-order valence-corrected chi connectivity index (χ4v) is 2.93. The Balaban J connectivity index is 2.02. The summed E-state index contributed by atoms with van der Waals surface area (Å²) in [5.41, 5.74) is 0.911. The van der Waals surface area contributed by atoms with Gasteiger partial charge in [-0.3, -0.25) is 4.79 Å². The number of sulfonamides is 1. The van der Waals surface area contributed by atoms with Gasteiger partial charge >= 0.3 is 5.97 Å². The first-order valence-electron chi connectivity index (χ1n) is 6.36. The highest BCUT2D eigenvalue weighted by atomic mass is 32.2. The molecule has 1 aromatic rings. The summed E-state index contributed by atoms with van der Waals surface area (Å²) in [6.07, 6.45) is 0. The van der Waals surface area contributed by atoms with Crippen LogP contribution >= 0.6 is 0 Å². The third kappa shape index (κ3) is 2.78. The molecule has 1 fully saturated rings. The van der Waals surface area contributed by atoms with Crippen LogP contribution in [0.1, 0.15) is 6.92 Å². The smallest absolute Gasteiger partial charge is 0.306 e. The molecule has 0 amide bonds. The lowest BCUT2D eigenvalue weighted by Gasteiger charge is -2.43. The van der Waals surface area contributed by atoms with Crippen molar-refractivity contribution in [1.82, 2.24) is 4.72 Å². The quantitative estimate of drug-likeness (QED) is 0.838. The summed E-state index contributed by atoms with van der Waals surface area (Å²) in [5, 5.41) is 8.94. The maximum atomic E-state index is 11.6. The molecule has 0 saturated carbocycles. The standard InChI is InChI=1S/C13H18N2O4S/c1-9(13(16)17)10-7-15(8-10)11-3-5-12(6-4-11)20(18,19)14-2/h3-6,9-10,14H,7-8H2,1-2H3,(H,16,17). The summed E-state index contributed by atoms with van der Waals surface area (Å²) in [7, 11) is -2.04. The average Bonchev–Trinajstić information content (AvgIpc) is 2.37. The Hall–Kier alpha value is -1.60. The Bertz CT molecular complexity index is 591. The van der Waals surface area contributed by atoms with E-state index in [1.807, 2.05) is 4.90 Å². The Morgan fingerprint density at radius 3 is 2.35 bits per heavy atom. The maximum absolute atomic E-state index is 11.6. The summed E-state index contributed by atoms with van der Waals surface area (Å²) in [6, 6.07) is 6.59. The number of rotatable bonds is 5. The van der Waals surface area contributed by atoms with E-state index in [-0.39, 0.29) is 16.7 Å². The van der Waals surface area contributed by atoms with Crippen LogP contribution in [0.3, 0.4) is 0 Å². The topological polar surface area (TPSA) is 86.7 Å². The monoisotopic (exact) mass is 298 g/mol. The van der Waals surface area contributed by atoms with Crippen LogP contribution in [0.15, 0.2) is 29.2 Å². The largest absolute Gasteiger partial charge is 0.481 e. The Morgan fingerprint density at radius 1 is 1.35 bits per heavy atom. The van der Waals surface area contributed by atoms with E-state index in [0.29, 0.717) is 13.1 Å². The van der Waals surface area contributed by atoms with Crippen molar-refractivity contribution in [2.24, 2.45) is 11.8 Å². The van der Waals surface area contributed by atoms with Crippen molar-refractivity contribution in [2.45, 2.75) is 11.8 Å². The van der Waals surface area contributed by atoms with Gasteiger partial charge in [0.2, 0.25) is 10.0 Å². The molecule has 2 N–H and O–H groups in total. The van der Waals surface area contributed by atoms with Gasteiger partial charge in [0.15, 0.2) is 0 Å². The predicted molar refractivity (Wildman–Crippen MR) is 75.2 cm³/mol. The number of carbonyl (C=O) groups is 1. The molecule has 0 aliphatic carbocycles. The second kappa shape index (κ2) is 5.41. The number of nitrogens with zero attached hydrogens (tertiary/aromatic N) is 1. The molecular formula is C13H18N2O4S. The summed E-state index contributed by atoms with van der Waals surface area (Å²) in [6.45, 7) is 3.09. The van der Waals surface area contributed by atoms with E-state index < -0.39 is 16.0 Å². The van der Waals surface area contributed by atoms with Gasteiger partial charge in [-0.05, 0) is 31.3 Å². The van der Waals surface area contributed by atoms with Crippen LogP contribution in [0, 0.1) is 11.8 Å². The molecule has 0 radical (unpaired) electrons. The van der Waals surface area contributed by atoms with E-state index in [9.17, 15) is 13.2 Å².